The van der Waals surface area contributed by atoms with Crippen molar-refractivity contribution < 1.29 is 19.2 Å². The lowest BCUT2D eigenvalue weighted by molar-refractivity contribution is -0.384. The Morgan fingerprint density at radius 3 is 2.16 bits per heavy atom. The average molecular weight is 419 g/mol. The topological polar surface area (TPSA) is 103 Å². The molecule has 1 amide bonds. The van der Waals surface area contributed by atoms with E-state index in [9.17, 15) is 14.9 Å². The van der Waals surface area contributed by atoms with Crippen molar-refractivity contribution in [3.05, 3.63) is 99.6 Å². The quantitative estimate of drug-likeness (QED) is 0.316. The molecule has 1 N–H and O–H groups in total. The number of nitrogens with one attached hydrogen (secondary N) is 1. The van der Waals surface area contributed by atoms with Gasteiger partial charge in [-0.25, -0.2) is 5.43 Å². The van der Waals surface area contributed by atoms with Crippen LogP contribution in [0.25, 0.3) is 0 Å². The fourth-order valence-corrected chi connectivity index (χ4v) is 2.63. The molecule has 8 heteroatoms. The van der Waals surface area contributed by atoms with E-state index in [1.54, 1.807) is 24.3 Å². The third-order valence-electron chi connectivity index (χ3n) is 4.24. The third kappa shape index (κ3) is 6.40. The lowest BCUT2D eigenvalue weighted by Crippen LogP contribution is -2.17. The van der Waals surface area contributed by atoms with Gasteiger partial charge in [-0.05, 0) is 66.6 Å². The highest BCUT2D eigenvalue weighted by Crippen LogP contribution is 2.19. The maximum Gasteiger partial charge on any atom is 0.271 e. The van der Waals surface area contributed by atoms with Gasteiger partial charge < -0.3 is 9.47 Å². The predicted molar refractivity (Wildman–Crippen MR) is 117 cm³/mol. The Hall–Kier alpha value is -4.20. The molecule has 3 aromatic rings. The van der Waals surface area contributed by atoms with Crippen molar-refractivity contribution in [3.63, 3.8) is 0 Å². The van der Waals surface area contributed by atoms with Crippen LogP contribution in [0.15, 0.2) is 77.9 Å². The van der Waals surface area contributed by atoms with E-state index >= 15 is 0 Å². The van der Waals surface area contributed by atoms with Crippen molar-refractivity contribution >= 4 is 17.8 Å². The van der Waals surface area contributed by atoms with E-state index in [4.69, 9.17) is 9.47 Å². The Kier molecular flexibility index (Phi) is 7.31. The number of nitro groups is 1. The molecule has 0 atom stereocenters. The maximum absolute atomic E-state index is 12.2. The number of rotatable bonds is 9. The fourth-order valence-electron chi connectivity index (χ4n) is 2.63. The van der Waals surface area contributed by atoms with E-state index in [0.29, 0.717) is 24.3 Å². The Morgan fingerprint density at radius 2 is 1.58 bits per heavy atom. The van der Waals surface area contributed by atoms with Crippen molar-refractivity contribution in [1.82, 2.24) is 5.43 Å². The first-order chi connectivity index (χ1) is 15.0. The molecule has 0 heterocycles. The van der Waals surface area contributed by atoms with Crippen LogP contribution in [0.5, 0.6) is 11.5 Å². The molecule has 0 saturated heterocycles. The molecule has 158 valence electrons. The number of amides is 1. The minimum absolute atomic E-state index is 0.00669. The average Bonchev–Trinajstić information content (AvgIpc) is 2.79. The van der Waals surface area contributed by atoms with Gasteiger partial charge in [0, 0.05) is 17.7 Å². The normalized spacial score (nSPS) is 10.6. The van der Waals surface area contributed by atoms with Crippen molar-refractivity contribution in [3.8, 4) is 11.5 Å². The molecule has 3 aromatic carbocycles. The third-order valence-corrected chi connectivity index (χ3v) is 4.24. The Morgan fingerprint density at radius 1 is 0.968 bits per heavy atom. The van der Waals surface area contributed by atoms with Crippen LogP contribution in [0.4, 0.5) is 5.69 Å². The molecule has 31 heavy (non-hydrogen) atoms. The second kappa shape index (κ2) is 10.5. The zero-order valence-electron chi connectivity index (χ0n) is 16.9. The highest BCUT2D eigenvalue weighted by Gasteiger charge is 2.05. The first-order valence-corrected chi connectivity index (χ1v) is 9.57. The number of hydrazone groups is 1. The van der Waals surface area contributed by atoms with E-state index < -0.39 is 4.92 Å². The molecule has 0 aliphatic heterocycles. The molecule has 0 fully saturated rings. The standard InChI is InChI=1S/C23H21N3O5/c1-2-30-21-11-13-22(14-12-21)31-16-18-3-7-19(8-4-18)23(27)25-24-15-17-5-9-20(10-6-17)26(28)29/h3-15H,2,16H2,1H3,(H,25,27). The first kappa shape index (κ1) is 21.5. The van der Waals surface area contributed by atoms with Crippen LogP contribution >= 0.6 is 0 Å². The Balaban J connectivity index is 1.49. The summed E-state index contributed by atoms with van der Waals surface area (Å²) >= 11 is 0. The molecular weight excluding hydrogens is 398 g/mol. The van der Waals surface area contributed by atoms with E-state index in [1.807, 2.05) is 43.3 Å². The number of hydrogen-bond acceptors (Lipinski definition) is 6. The number of nitrogens with zero attached hydrogens (tertiary/aromatic N) is 2. The lowest BCUT2D eigenvalue weighted by atomic mass is 10.1. The van der Waals surface area contributed by atoms with Crippen LogP contribution < -0.4 is 14.9 Å². The minimum atomic E-state index is -0.477. The lowest BCUT2D eigenvalue weighted by Gasteiger charge is -2.08. The number of carbonyl (C=O) groups excluding carboxylic acids is 1. The zero-order valence-corrected chi connectivity index (χ0v) is 16.9. The van der Waals surface area contributed by atoms with Gasteiger partial charge in [-0.15, -0.1) is 0 Å². The van der Waals surface area contributed by atoms with Gasteiger partial charge in [0.2, 0.25) is 0 Å². The summed E-state index contributed by atoms with van der Waals surface area (Å²) in [7, 11) is 0. The van der Waals surface area contributed by atoms with Crippen LogP contribution in [0.1, 0.15) is 28.4 Å². The molecule has 0 saturated carbocycles. The highest BCUT2D eigenvalue weighted by molar-refractivity contribution is 5.94. The van der Waals surface area contributed by atoms with Crippen LogP contribution in [0.2, 0.25) is 0 Å². The summed E-state index contributed by atoms with van der Waals surface area (Å²) in [5.41, 5.74) is 4.42. The van der Waals surface area contributed by atoms with Gasteiger partial charge >= 0.3 is 0 Å². The number of benzene rings is 3. The van der Waals surface area contributed by atoms with Gasteiger partial charge in [0.25, 0.3) is 11.6 Å². The summed E-state index contributed by atoms with van der Waals surface area (Å²) in [6.07, 6.45) is 1.42. The summed E-state index contributed by atoms with van der Waals surface area (Å²) in [5, 5.41) is 14.5. The predicted octanol–water partition coefficient (Wildman–Crippen LogP) is 4.34. The smallest absolute Gasteiger partial charge is 0.271 e. The molecule has 0 bridgehead atoms. The number of hydrogen-bond donors (Lipinski definition) is 1. The maximum atomic E-state index is 12.2. The van der Waals surface area contributed by atoms with Crippen LogP contribution in [0, 0.1) is 10.1 Å². The van der Waals surface area contributed by atoms with Crippen molar-refractivity contribution in [1.29, 1.82) is 0 Å². The van der Waals surface area contributed by atoms with Crippen LogP contribution in [0.3, 0.4) is 0 Å². The van der Waals surface area contributed by atoms with Gasteiger partial charge in [0.1, 0.15) is 18.1 Å². The molecule has 8 nitrogen and oxygen atoms in total. The zero-order chi connectivity index (χ0) is 22.1. The fraction of sp³-hybridized carbons (Fsp3) is 0.130. The van der Waals surface area contributed by atoms with Gasteiger partial charge in [-0.2, -0.15) is 5.10 Å². The van der Waals surface area contributed by atoms with E-state index in [1.165, 1.54) is 18.3 Å². The molecule has 0 unspecified atom stereocenters. The van der Waals surface area contributed by atoms with Crippen LogP contribution in [-0.2, 0) is 6.61 Å². The summed E-state index contributed by atoms with van der Waals surface area (Å²) in [6.45, 7) is 2.91. The second-order valence-corrected chi connectivity index (χ2v) is 6.44. The van der Waals surface area contributed by atoms with Crippen molar-refractivity contribution in [2.24, 2.45) is 5.10 Å². The molecule has 0 aliphatic rings. The molecule has 3 rings (SSSR count). The minimum Gasteiger partial charge on any atom is -0.494 e. The van der Waals surface area contributed by atoms with E-state index in [2.05, 4.69) is 10.5 Å². The Labute approximate surface area is 179 Å². The number of ether oxygens (including phenoxy) is 2. The number of nitro benzene ring substituents is 1. The van der Waals surface area contributed by atoms with Crippen LogP contribution in [-0.4, -0.2) is 23.7 Å². The van der Waals surface area contributed by atoms with Gasteiger partial charge in [-0.1, -0.05) is 12.1 Å². The molecule has 0 spiro atoms. The number of non-ortho nitro benzene ring substituents is 1. The Bertz CT molecular complexity index is 1050. The summed E-state index contributed by atoms with van der Waals surface area (Å²) in [5.74, 6) is 1.16. The SMILES string of the molecule is CCOc1ccc(OCc2ccc(C(=O)NN=Cc3ccc([N+](=O)[O-])cc3)cc2)cc1. The van der Waals surface area contributed by atoms with Gasteiger partial charge in [0.05, 0.1) is 17.7 Å². The summed E-state index contributed by atoms with van der Waals surface area (Å²) in [4.78, 5) is 22.4. The van der Waals surface area contributed by atoms with E-state index in [-0.39, 0.29) is 11.6 Å². The molecule has 0 aliphatic carbocycles. The summed E-state index contributed by atoms with van der Waals surface area (Å²) in [6, 6.07) is 20.2. The van der Waals surface area contributed by atoms with Crippen molar-refractivity contribution in [2.75, 3.05) is 6.61 Å². The summed E-state index contributed by atoms with van der Waals surface area (Å²) < 4.78 is 11.1. The van der Waals surface area contributed by atoms with E-state index in [0.717, 1.165) is 17.1 Å². The first-order valence-electron chi connectivity index (χ1n) is 9.57. The molecular formula is C23H21N3O5. The molecule has 0 aromatic heterocycles. The highest BCUT2D eigenvalue weighted by atomic mass is 16.6. The monoisotopic (exact) mass is 419 g/mol. The second-order valence-electron chi connectivity index (χ2n) is 6.44. The van der Waals surface area contributed by atoms with Gasteiger partial charge in [0.15, 0.2) is 0 Å². The largest absolute Gasteiger partial charge is 0.494 e. The molecule has 0 radical (unpaired) electrons. The van der Waals surface area contributed by atoms with Gasteiger partial charge in [-0.3, -0.25) is 14.9 Å². The van der Waals surface area contributed by atoms with Crippen molar-refractivity contribution in [2.45, 2.75) is 13.5 Å². The number of carbonyl (C=O) groups is 1.